The zero-order chi connectivity index (χ0) is 16.0. The number of aryl methyl sites for hydroxylation is 1. The lowest BCUT2D eigenvalue weighted by atomic mass is 10.1. The molecule has 0 saturated heterocycles. The summed E-state index contributed by atoms with van der Waals surface area (Å²) in [5.74, 6) is -0.651. The summed E-state index contributed by atoms with van der Waals surface area (Å²) in [6.07, 6.45) is 0.767. The molecule has 0 bridgehead atoms. The SMILES string of the molecule is CCOC(=O)c1c(C)[nH]c(C(=O)N[C@H](CC)COC)c1C. The van der Waals surface area contributed by atoms with Gasteiger partial charge in [-0.2, -0.15) is 0 Å². The Bertz CT molecular complexity index is 508. The van der Waals surface area contributed by atoms with Crippen LogP contribution in [0.2, 0.25) is 0 Å². The minimum absolute atomic E-state index is 0.0588. The van der Waals surface area contributed by atoms with Crippen LogP contribution in [-0.2, 0) is 9.47 Å². The first-order valence-electron chi connectivity index (χ1n) is 7.12. The molecule has 0 aliphatic heterocycles. The fourth-order valence-corrected chi connectivity index (χ4v) is 2.21. The van der Waals surface area contributed by atoms with Crippen LogP contribution in [0, 0.1) is 13.8 Å². The van der Waals surface area contributed by atoms with Crippen molar-refractivity contribution in [2.24, 2.45) is 0 Å². The Morgan fingerprint density at radius 1 is 1.29 bits per heavy atom. The Labute approximate surface area is 125 Å². The van der Waals surface area contributed by atoms with Gasteiger partial charge < -0.3 is 19.8 Å². The third-order valence-corrected chi connectivity index (χ3v) is 3.34. The Hall–Kier alpha value is -1.82. The average molecular weight is 296 g/mol. The van der Waals surface area contributed by atoms with Crippen LogP contribution in [-0.4, -0.2) is 43.2 Å². The van der Waals surface area contributed by atoms with Gasteiger partial charge in [0, 0.05) is 12.8 Å². The zero-order valence-electron chi connectivity index (χ0n) is 13.3. The molecule has 0 aliphatic carbocycles. The fraction of sp³-hybridized carbons (Fsp3) is 0.600. The van der Waals surface area contributed by atoms with E-state index in [1.807, 2.05) is 6.92 Å². The maximum Gasteiger partial charge on any atom is 0.340 e. The maximum absolute atomic E-state index is 12.3. The van der Waals surface area contributed by atoms with Crippen molar-refractivity contribution in [3.63, 3.8) is 0 Å². The number of carbonyl (C=O) groups is 2. The van der Waals surface area contributed by atoms with Gasteiger partial charge in [0.1, 0.15) is 5.69 Å². The van der Waals surface area contributed by atoms with E-state index in [4.69, 9.17) is 9.47 Å². The number of rotatable bonds is 7. The van der Waals surface area contributed by atoms with E-state index in [1.165, 1.54) is 0 Å². The number of amides is 1. The highest BCUT2D eigenvalue weighted by atomic mass is 16.5. The minimum atomic E-state index is -0.410. The van der Waals surface area contributed by atoms with Crippen molar-refractivity contribution in [3.05, 3.63) is 22.5 Å². The Morgan fingerprint density at radius 2 is 1.95 bits per heavy atom. The van der Waals surface area contributed by atoms with Crippen LogP contribution in [0.25, 0.3) is 0 Å². The molecule has 6 nitrogen and oxygen atoms in total. The molecule has 0 saturated carbocycles. The summed E-state index contributed by atoms with van der Waals surface area (Å²) in [6.45, 7) is 7.96. The van der Waals surface area contributed by atoms with Gasteiger partial charge in [0.15, 0.2) is 0 Å². The number of aromatic nitrogens is 1. The molecule has 21 heavy (non-hydrogen) atoms. The molecule has 0 fully saturated rings. The van der Waals surface area contributed by atoms with E-state index in [0.29, 0.717) is 35.7 Å². The predicted octanol–water partition coefficient (Wildman–Crippen LogP) is 1.96. The molecule has 1 atom stereocenters. The number of H-pyrrole nitrogens is 1. The van der Waals surface area contributed by atoms with E-state index in [0.717, 1.165) is 6.42 Å². The highest BCUT2D eigenvalue weighted by Gasteiger charge is 2.23. The van der Waals surface area contributed by atoms with Crippen molar-refractivity contribution in [1.29, 1.82) is 0 Å². The summed E-state index contributed by atoms with van der Waals surface area (Å²) in [7, 11) is 1.59. The standard InChI is InChI=1S/C15H24N2O4/c1-6-11(8-20-5)17-14(18)13-9(3)12(10(4)16-13)15(19)21-7-2/h11,16H,6-8H2,1-5H3,(H,17,18)/t11-/m1/s1. The lowest BCUT2D eigenvalue weighted by Gasteiger charge is -2.15. The third kappa shape index (κ3) is 4.07. The van der Waals surface area contributed by atoms with Gasteiger partial charge in [0.25, 0.3) is 5.91 Å². The van der Waals surface area contributed by atoms with Crippen molar-refractivity contribution >= 4 is 11.9 Å². The topological polar surface area (TPSA) is 80.4 Å². The summed E-state index contributed by atoms with van der Waals surface area (Å²) in [4.78, 5) is 27.2. The summed E-state index contributed by atoms with van der Waals surface area (Å²) in [5, 5.41) is 2.89. The van der Waals surface area contributed by atoms with Crippen LogP contribution in [0.5, 0.6) is 0 Å². The van der Waals surface area contributed by atoms with E-state index in [-0.39, 0.29) is 11.9 Å². The lowest BCUT2D eigenvalue weighted by Crippen LogP contribution is -2.38. The zero-order valence-corrected chi connectivity index (χ0v) is 13.3. The number of aromatic amines is 1. The molecule has 6 heteroatoms. The molecule has 1 aromatic heterocycles. The van der Waals surface area contributed by atoms with Crippen molar-refractivity contribution < 1.29 is 19.1 Å². The first kappa shape index (κ1) is 17.2. The van der Waals surface area contributed by atoms with Gasteiger partial charge in [-0.05, 0) is 32.8 Å². The summed E-state index contributed by atoms with van der Waals surface area (Å²) in [6, 6.07) is -0.0588. The van der Waals surface area contributed by atoms with E-state index in [1.54, 1.807) is 27.9 Å². The number of esters is 1. The lowest BCUT2D eigenvalue weighted by molar-refractivity contribution is 0.0525. The fourth-order valence-electron chi connectivity index (χ4n) is 2.21. The highest BCUT2D eigenvalue weighted by molar-refractivity contribution is 6.00. The number of hydrogen-bond donors (Lipinski definition) is 2. The monoisotopic (exact) mass is 296 g/mol. The summed E-state index contributed by atoms with van der Waals surface area (Å²) >= 11 is 0. The van der Waals surface area contributed by atoms with Gasteiger partial charge in [-0.3, -0.25) is 4.79 Å². The second-order valence-electron chi connectivity index (χ2n) is 4.88. The molecular weight excluding hydrogens is 272 g/mol. The number of methoxy groups -OCH3 is 1. The number of nitrogens with one attached hydrogen (secondary N) is 2. The maximum atomic E-state index is 12.3. The molecule has 1 amide bonds. The van der Waals surface area contributed by atoms with Crippen LogP contribution >= 0.6 is 0 Å². The first-order chi connectivity index (χ1) is 9.96. The predicted molar refractivity (Wildman–Crippen MR) is 79.6 cm³/mol. The number of hydrogen-bond acceptors (Lipinski definition) is 4. The molecule has 1 aromatic rings. The molecule has 0 radical (unpaired) electrons. The molecule has 1 heterocycles. The second-order valence-corrected chi connectivity index (χ2v) is 4.88. The normalized spacial score (nSPS) is 12.0. The van der Waals surface area contributed by atoms with Crippen molar-refractivity contribution in [2.45, 2.75) is 40.2 Å². The van der Waals surface area contributed by atoms with Gasteiger partial charge in [0.2, 0.25) is 0 Å². The molecule has 0 unspecified atom stereocenters. The van der Waals surface area contributed by atoms with E-state index in [2.05, 4.69) is 10.3 Å². The van der Waals surface area contributed by atoms with Gasteiger partial charge in [0.05, 0.1) is 24.8 Å². The largest absolute Gasteiger partial charge is 0.462 e. The summed E-state index contributed by atoms with van der Waals surface area (Å²) < 4.78 is 10.1. The van der Waals surface area contributed by atoms with Crippen molar-refractivity contribution in [1.82, 2.24) is 10.3 Å². The number of ether oxygens (including phenoxy) is 2. The molecular formula is C15H24N2O4. The first-order valence-corrected chi connectivity index (χ1v) is 7.12. The van der Waals surface area contributed by atoms with Gasteiger partial charge in [-0.1, -0.05) is 6.92 Å². The van der Waals surface area contributed by atoms with Crippen LogP contribution in [0.3, 0.4) is 0 Å². The molecule has 0 spiro atoms. The second kappa shape index (κ2) is 7.83. The molecule has 0 aliphatic rings. The molecule has 1 rings (SSSR count). The van der Waals surface area contributed by atoms with Crippen LogP contribution < -0.4 is 5.32 Å². The quantitative estimate of drug-likeness (QED) is 0.754. The Kier molecular flexibility index (Phi) is 6.42. The van der Waals surface area contributed by atoms with Crippen LogP contribution in [0.1, 0.15) is 52.4 Å². The van der Waals surface area contributed by atoms with E-state index < -0.39 is 5.97 Å². The summed E-state index contributed by atoms with van der Waals surface area (Å²) in [5.41, 5.74) is 2.07. The van der Waals surface area contributed by atoms with E-state index in [9.17, 15) is 9.59 Å². The minimum Gasteiger partial charge on any atom is -0.462 e. The van der Waals surface area contributed by atoms with Gasteiger partial charge in [-0.15, -0.1) is 0 Å². The third-order valence-electron chi connectivity index (χ3n) is 3.34. The molecule has 0 aromatic carbocycles. The van der Waals surface area contributed by atoms with Crippen LogP contribution in [0.4, 0.5) is 0 Å². The number of carbonyl (C=O) groups excluding carboxylic acids is 2. The Balaban J connectivity index is 2.96. The molecule has 118 valence electrons. The smallest absolute Gasteiger partial charge is 0.340 e. The van der Waals surface area contributed by atoms with Gasteiger partial charge >= 0.3 is 5.97 Å². The average Bonchev–Trinajstić information content (AvgIpc) is 2.73. The highest BCUT2D eigenvalue weighted by Crippen LogP contribution is 2.19. The van der Waals surface area contributed by atoms with Crippen LogP contribution in [0.15, 0.2) is 0 Å². The van der Waals surface area contributed by atoms with Crippen molar-refractivity contribution in [2.75, 3.05) is 20.3 Å². The van der Waals surface area contributed by atoms with Crippen molar-refractivity contribution in [3.8, 4) is 0 Å². The molecule has 2 N–H and O–H groups in total. The Morgan fingerprint density at radius 3 is 2.48 bits per heavy atom. The van der Waals surface area contributed by atoms with E-state index >= 15 is 0 Å². The van der Waals surface area contributed by atoms with Gasteiger partial charge in [-0.25, -0.2) is 4.79 Å².